The number of rotatable bonds is 4. The van der Waals surface area contributed by atoms with E-state index in [0.29, 0.717) is 11.5 Å². The third-order valence-corrected chi connectivity index (χ3v) is 6.00. The lowest BCUT2D eigenvalue weighted by molar-refractivity contribution is -0.0893. The van der Waals surface area contributed by atoms with Gasteiger partial charge in [-0.2, -0.15) is 0 Å². The molecule has 2 saturated carbocycles. The Hall–Kier alpha value is -1.53. The van der Waals surface area contributed by atoms with Crippen LogP contribution in [0.5, 0.6) is 0 Å². The Kier molecular flexibility index (Phi) is 4.04. The SMILES string of the molecule is CO[C@H]1CC[C@]2(OC)CCN(C(=O)c3cnc(C4CC4)nc3)[C@@H]2C1. The molecule has 3 atom stereocenters. The minimum absolute atomic E-state index is 0.0121. The van der Waals surface area contributed by atoms with Crippen LogP contribution in [0.1, 0.15) is 60.6 Å². The van der Waals surface area contributed by atoms with Crippen molar-refractivity contribution < 1.29 is 14.3 Å². The number of nitrogens with zero attached hydrogens (tertiary/aromatic N) is 3. The predicted octanol–water partition coefficient (Wildman–Crippen LogP) is 2.15. The van der Waals surface area contributed by atoms with E-state index in [1.807, 2.05) is 4.90 Å². The van der Waals surface area contributed by atoms with Gasteiger partial charge >= 0.3 is 0 Å². The number of carbonyl (C=O) groups is 1. The highest BCUT2D eigenvalue weighted by molar-refractivity contribution is 5.94. The number of hydrogen-bond acceptors (Lipinski definition) is 5. The molecule has 130 valence electrons. The van der Waals surface area contributed by atoms with Crippen LogP contribution in [0.2, 0.25) is 0 Å². The first-order chi connectivity index (χ1) is 11.7. The van der Waals surface area contributed by atoms with Crippen molar-refractivity contribution >= 4 is 5.91 Å². The summed E-state index contributed by atoms with van der Waals surface area (Å²) in [6.45, 7) is 0.720. The normalized spacial score (nSPS) is 32.7. The second kappa shape index (κ2) is 6.08. The van der Waals surface area contributed by atoms with E-state index in [0.717, 1.165) is 50.9 Å². The molecule has 6 heteroatoms. The molecule has 24 heavy (non-hydrogen) atoms. The lowest BCUT2D eigenvalue weighted by atomic mass is 9.79. The number of amides is 1. The molecule has 0 spiro atoms. The molecule has 4 rings (SSSR count). The lowest BCUT2D eigenvalue weighted by Gasteiger charge is -2.43. The monoisotopic (exact) mass is 331 g/mol. The average Bonchev–Trinajstić information content (AvgIpc) is 3.41. The Morgan fingerprint density at radius 3 is 2.58 bits per heavy atom. The van der Waals surface area contributed by atoms with Crippen LogP contribution in [0, 0.1) is 0 Å². The molecular formula is C18H25N3O3. The molecular weight excluding hydrogens is 306 g/mol. The number of ether oxygens (including phenoxy) is 2. The maximum Gasteiger partial charge on any atom is 0.257 e. The first kappa shape index (κ1) is 16.0. The van der Waals surface area contributed by atoms with Gasteiger partial charge in [-0.25, -0.2) is 9.97 Å². The van der Waals surface area contributed by atoms with Gasteiger partial charge in [0, 0.05) is 39.1 Å². The number of aromatic nitrogens is 2. The quantitative estimate of drug-likeness (QED) is 0.846. The van der Waals surface area contributed by atoms with Gasteiger partial charge in [0.05, 0.1) is 23.3 Å². The van der Waals surface area contributed by atoms with E-state index >= 15 is 0 Å². The van der Waals surface area contributed by atoms with Gasteiger partial charge in [-0.1, -0.05) is 0 Å². The van der Waals surface area contributed by atoms with Crippen LogP contribution in [0.15, 0.2) is 12.4 Å². The standard InChI is InChI=1S/C18H25N3O3/c1-23-14-5-6-18(24-2)7-8-21(15(18)9-14)17(22)13-10-19-16(20-11-13)12-3-4-12/h10-12,14-15H,3-9H2,1-2H3/t14-,15+,18-/m0/s1. The van der Waals surface area contributed by atoms with E-state index in [1.165, 1.54) is 0 Å². The molecule has 1 saturated heterocycles. The number of fused-ring (bicyclic) bond motifs is 1. The summed E-state index contributed by atoms with van der Waals surface area (Å²) in [6, 6.07) is 0.0665. The molecule has 0 bridgehead atoms. The van der Waals surface area contributed by atoms with Crippen molar-refractivity contribution in [2.75, 3.05) is 20.8 Å². The molecule has 1 amide bonds. The third-order valence-electron chi connectivity index (χ3n) is 6.00. The maximum atomic E-state index is 13.0. The van der Waals surface area contributed by atoms with Crippen molar-refractivity contribution in [3.05, 3.63) is 23.8 Å². The van der Waals surface area contributed by atoms with Gasteiger partial charge in [0.2, 0.25) is 0 Å². The van der Waals surface area contributed by atoms with Crippen molar-refractivity contribution in [2.24, 2.45) is 0 Å². The second-order valence-electron chi connectivity index (χ2n) is 7.27. The Bertz CT molecular complexity index is 616. The fraction of sp³-hybridized carbons (Fsp3) is 0.722. The van der Waals surface area contributed by atoms with Crippen LogP contribution < -0.4 is 0 Å². The van der Waals surface area contributed by atoms with Gasteiger partial charge in [0.25, 0.3) is 5.91 Å². The molecule has 1 aromatic heterocycles. The van der Waals surface area contributed by atoms with Gasteiger partial charge in [0.1, 0.15) is 5.82 Å². The Morgan fingerprint density at radius 2 is 1.96 bits per heavy atom. The number of likely N-dealkylation sites (tertiary alicyclic amines) is 1. The van der Waals surface area contributed by atoms with Crippen molar-refractivity contribution in [2.45, 2.75) is 62.2 Å². The molecule has 1 aliphatic heterocycles. The third kappa shape index (κ3) is 2.62. The Labute approximate surface area is 142 Å². The van der Waals surface area contributed by atoms with Gasteiger partial charge in [-0.3, -0.25) is 4.79 Å². The van der Waals surface area contributed by atoms with Crippen LogP contribution in [0.25, 0.3) is 0 Å². The number of methoxy groups -OCH3 is 2. The van der Waals surface area contributed by atoms with Crippen molar-refractivity contribution in [3.8, 4) is 0 Å². The maximum absolute atomic E-state index is 13.0. The summed E-state index contributed by atoms with van der Waals surface area (Å²) in [5.41, 5.74) is 0.352. The van der Waals surface area contributed by atoms with E-state index in [-0.39, 0.29) is 23.7 Å². The van der Waals surface area contributed by atoms with Crippen molar-refractivity contribution in [1.82, 2.24) is 14.9 Å². The Morgan fingerprint density at radius 1 is 1.21 bits per heavy atom. The lowest BCUT2D eigenvalue weighted by Crippen LogP contribution is -2.53. The van der Waals surface area contributed by atoms with E-state index in [9.17, 15) is 4.79 Å². The summed E-state index contributed by atoms with van der Waals surface area (Å²) < 4.78 is 11.4. The highest BCUT2D eigenvalue weighted by Gasteiger charge is 2.52. The van der Waals surface area contributed by atoms with E-state index in [1.54, 1.807) is 26.6 Å². The summed E-state index contributed by atoms with van der Waals surface area (Å²) >= 11 is 0. The molecule has 0 N–H and O–H groups in total. The van der Waals surface area contributed by atoms with Crippen molar-refractivity contribution in [3.63, 3.8) is 0 Å². The molecule has 1 aromatic rings. The summed E-state index contributed by atoms with van der Waals surface area (Å²) in [5, 5.41) is 0. The number of hydrogen-bond donors (Lipinski definition) is 0. The van der Waals surface area contributed by atoms with Gasteiger partial charge in [0.15, 0.2) is 0 Å². The first-order valence-corrected chi connectivity index (χ1v) is 8.88. The van der Waals surface area contributed by atoms with Gasteiger partial charge < -0.3 is 14.4 Å². The molecule has 3 aliphatic rings. The number of carbonyl (C=O) groups excluding carboxylic acids is 1. The van der Waals surface area contributed by atoms with E-state index in [2.05, 4.69) is 9.97 Å². The molecule has 3 fully saturated rings. The van der Waals surface area contributed by atoms with Crippen LogP contribution in [0.3, 0.4) is 0 Å². The first-order valence-electron chi connectivity index (χ1n) is 8.88. The Balaban J connectivity index is 1.54. The zero-order valence-corrected chi connectivity index (χ0v) is 14.4. The summed E-state index contributed by atoms with van der Waals surface area (Å²) in [5.74, 6) is 1.39. The zero-order valence-electron chi connectivity index (χ0n) is 14.4. The van der Waals surface area contributed by atoms with Gasteiger partial charge in [-0.15, -0.1) is 0 Å². The van der Waals surface area contributed by atoms with Crippen molar-refractivity contribution in [1.29, 1.82) is 0 Å². The van der Waals surface area contributed by atoms with E-state index < -0.39 is 0 Å². The van der Waals surface area contributed by atoms with Crippen LogP contribution in [-0.4, -0.2) is 59.3 Å². The second-order valence-corrected chi connectivity index (χ2v) is 7.27. The summed E-state index contributed by atoms with van der Waals surface area (Å²) in [4.78, 5) is 23.7. The highest BCUT2D eigenvalue weighted by atomic mass is 16.5. The summed E-state index contributed by atoms with van der Waals surface area (Å²) in [7, 11) is 3.51. The van der Waals surface area contributed by atoms with Crippen LogP contribution in [-0.2, 0) is 9.47 Å². The largest absolute Gasteiger partial charge is 0.381 e. The predicted molar refractivity (Wildman–Crippen MR) is 87.8 cm³/mol. The minimum atomic E-state index is -0.223. The average molecular weight is 331 g/mol. The molecule has 6 nitrogen and oxygen atoms in total. The zero-order chi connectivity index (χ0) is 16.7. The molecule has 0 radical (unpaired) electrons. The summed E-state index contributed by atoms with van der Waals surface area (Å²) in [6.07, 6.45) is 9.54. The molecule has 0 unspecified atom stereocenters. The van der Waals surface area contributed by atoms with E-state index in [4.69, 9.17) is 9.47 Å². The van der Waals surface area contributed by atoms with Crippen LogP contribution >= 0.6 is 0 Å². The highest BCUT2D eigenvalue weighted by Crippen LogP contribution is 2.43. The fourth-order valence-electron chi connectivity index (χ4n) is 4.29. The smallest absolute Gasteiger partial charge is 0.257 e. The van der Waals surface area contributed by atoms with Crippen LogP contribution in [0.4, 0.5) is 0 Å². The molecule has 2 heterocycles. The van der Waals surface area contributed by atoms with Gasteiger partial charge in [-0.05, 0) is 38.5 Å². The molecule has 0 aromatic carbocycles. The topological polar surface area (TPSA) is 64.6 Å². The molecule has 2 aliphatic carbocycles. The fourth-order valence-corrected chi connectivity index (χ4v) is 4.29. The minimum Gasteiger partial charge on any atom is -0.381 e.